The molecule has 4 heteroatoms. The second kappa shape index (κ2) is 6.02. The molecule has 1 aromatic carbocycles. The van der Waals surface area contributed by atoms with Gasteiger partial charge in [-0.05, 0) is 32.8 Å². The van der Waals surface area contributed by atoms with Crippen molar-refractivity contribution in [2.45, 2.75) is 46.1 Å². The quantitative estimate of drug-likeness (QED) is 0.766. The van der Waals surface area contributed by atoms with Gasteiger partial charge in [0.05, 0.1) is 11.1 Å². The summed E-state index contributed by atoms with van der Waals surface area (Å²) in [6.45, 7) is 8.18. The van der Waals surface area contributed by atoms with Gasteiger partial charge in [-0.2, -0.15) is 5.10 Å². The van der Waals surface area contributed by atoms with Gasteiger partial charge in [-0.25, -0.2) is 4.68 Å². The summed E-state index contributed by atoms with van der Waals surface area (Å²) in [4.78, 5) is 11.4. The molecule has 3 nitrogen and oxygen atoms in total. The molecule has 0 aliphatic rings. The van der Waals surface area contributed by atoms with Crippen LogP contribution in [0, 0.1) is 0 Å². The van der Waals surface area contributed by atoms with E-state index in [1.165, 1.54) is 5.56 Å². The van der Waals surface area contributed by atoms with Crippen LogP contribution >= 0.6 is 11.6 Å². The highest BCUT2D eigenvalue weighted by molar-refractivity contribution is 6.32. The molecule has 0 aliphatic carbocycles. The zero-order chi connectivity index (χ0) is 15.6. The number of hydrogen-bond donors (Lipinski definition) is 0. The molecule has 0 unspecified atom stereocenters. The number of nitrogens with zero attached hydrogens (tertiary/aromatic N) is 2. The molecule has 0 amide bonds. The number of rotatable bonds is 4. The molecule has 0 fully saturated rings. The minimum absolute atomic E-state index is 0.269. The first-order valence-electron chi connectivity index (χ1n) is 7.22. The fourth-order valence-electron chi connectivity index (χ4n) is 2.29. The summed E-state index contributed by atoms with van der Waals surface area (Å²) in [5.41, 5.74) is 3.04. The van der Waals surface area contributed by atoms with Crippen molar-refractivity contribution in [3.8, 4) is 11.3 Å². The highest BCUT2D eigenvalue weighted by atomic mass is 35.5. The Balaban J connectivity index is 2.50. The van der Waals surface area contributed by atoms with Gasteiger partial charge >= 0.3 is 0 Å². The number of carbonyl (C=O) groups excluding carboxylic acids is 1. The van der Waals surface area contributed by atoms with Crippen LogP contribution in [0.3, 0.4) is 0 Å². The van der Waals surface area contributed by atoms with Gasteiger partial charge in [-0.15, -0.1) is 0 Å². The van der Waals surface area contributed by atoms with Gasteiger partial charge in [-0.3, -0.25) is 4.79 Å². The van der Waals surface area contributed by atoms with Crippen LogP contribution in [0.15, 0.2) is 24.3 Å². The number of hydrogen-bond acceptors (Lipinski definition) is 2. The fourth-order valence-corrected chi connectivity index (χ4v) is 2.72. The Morgan fingerprint density at radius 3 is 2.33 bits per heavy atom. The lowest BCUT2D eigenvalue weighted by Gasteiger charge is -2.20. The molecule has 0 radical (unpaired) electrons. The van der Waals surface area contributed by atoms with Gasteiger partial charge in [0.2, 0.25) is 0 Å². The second-order valence-electron chi connectivity index (χ2n) is 6.20. The average molecular weight is 305 g/mol. The highest BCUT2D eigenvalue weighted by Crippen LogP contribution is 2.31. The average Bonchev–Trinajstić information content (AvgIpc) is 2.77. The monoisotopic (exact) mass is 304 g/mol. The van der Waals surface area contributed by atoms with Crippen molar-refractivity contribution in [2.75, 3.05) is 0 Å². The molecule has 0 atom stereocenters. The zero-order valence-electron chi connectivity index (χ0n) is 13.0. The van der Waals surface area contributed by atoms with E-state index in [-0.39, 0.29) is 5.54 Å². The molecule has 0 saturated heterocycles. The topological polar surface area (TPSA) is 34.9 Å². The van der Waals surface area contributed by atoms with Crippen molar-refractivity contribution < 1.29 is 4.79 Å². The van der Waals surface area contributed by atoms with Crippen LogP contribution in [0.5, 0.6) is 0 Å². The Bertz CT molecular complexity index is 636. The van der Waals surface area contributed by atoms with E-state index in [9.17, 15) is 4.79 Å². The van der Waals surface area contributed by atoms with E-state index in [0.29, 0.717) is 16.4 Å². The summed E-state index contributed by atoms with van der Waals surface area (Å²) >= 11 is 6.31. The van der Waals surface area contributed by atoms with E-state index in [0.717, 1.165) is 24.7 Å². The van der Waals surface area contributed by atoms with Gasteiger partial charge in [0.1, 0.15) is 10.8 Å². The highest BCUT2D eigenvalue weighted by Gasteiger charge is 2.24. The van der Waals surface area contributed by atoms with E-state index in [1.54, 1.807) is 4.68 Å². The summed E-state index contributed by atoms with van der Waals surface area (Å²) in [6, 6.07) is 8.17. The Morgan fingerprint density at radius 1 is 1.24 bits per heavy atom. The summed E-state index contributed by atoms with van der Waals surface area (Å²) in [7, 11) is 0. The molecule has 112 valence electrons. The largest absolute Gasteiger partial charge is 0.298 e. The van der Waals surface area contributed by atoms with Crippen LogP contribution in [-0.2, 0) is 12.0 Å². The third kappa shape index (κ3) is 3.18. The lowest BCUT2D eigenvalue weighted by atomic mass is 10.0. The van der Waals surface area contributed by atoms with Gasteiger partial charge in [0.15, 0.2) is 6.29 Å². The minimum atomic E-state index is -0.269. The van der Waals surface area contributed by atoms with E-state index >= 15 is 0 Å². The lowest BCUT2D eigenvalue weighted by Crippen LogP contribution is -2.23. The van der Waals surface area contributed by atoms with Gasteiger partial charge in [0, 0.05) is 5.56 Å². The maximum absolute atomic E-state index is 11.4. The third-order valence-corrected chi connectivity index (χ3v) is 3.75. The lowest BCUT2D eigenvalue weighted by molar-refractivity contribution is 0.112. The molecule has 0 saturated carbocycles. The normalized spacial score (nSPS) is 11.7. The fraction of sp³-hybridized carbons (Fsp3) is 0.412. The molecule has 0 N–H and O–H groups in total. The number of aromatic nitrogens is 2. The van der Waals surface area contributed by atoms with Crippen molar-refractivity contribution in [3.05, 3.63) is 40.5 Å². The number of carbonyl (C=O) groups is 1. The van der Waals surface area contributed by atoms with Crippen LogP contribution in [0.25, 0.3) is 11.3 Å². The Morgan fingerprint density at radius 2 is 1.86 bits per heavy atom. The molecule has 0 spiro atoms. The van der Waals surface area contributed by atoms with Gasteiger partial charge in [0.25, 0.3) is 0 Å². The van der Waals surface area contributed by atoms with Crippen LogP contribution in [0.1, 0.15) is 50.0 Å². The molecule has 0 aliphatic heterocycles. The predicted molar refractivity (Wildman–Crippen MR) is 87.1 cm³/mol. The number of aldehydes is 1. The summed E-state index contributed by atoms with van der Waals surface area (Å²) in [5.74, 6) is 0. The van der Waals surface area contributed by atoms with Gasteiger partial charge in [-0.1, -0.05) is 49.2 Å². The first kappa shape index (κ1) is 15.8. The molecule has 1 aromatic heterocycles. The maximum Gasteiger partial charge on any atom is 0.155 e. The van der Waals surface area contributed by atoms with Crippen molar-refractivity contribution in [1.82, 2.24) is 9.78 Å². The van der Waals surface area contributed by atoms with Crippen LogP contribution in [0.4, 0.5) is 0 Å². The van der Waals surface area contributed by atoms with E-state index in [2.05, 4.69) is 24.2 Å². The molecule has 0 bridgehead atoms. The van der Waals surface area contributed by atoms with Crippen molar-refractivity contribution in [2.24, 2.45) is 0 Å². The maximum atomic E-state index is 11.4. The zero-order valence-corrected chi connectivity index (χ0v) is 13.7. The van der Waals surface area contributed by atoms with Crippen LogP contribution < -0.4 is 0 Å². The first-order valence-corrected chi connectivity index (χ1v) is 7.59. The minimum Gasteiger partial charge on any atom is -0.298 e. The second-order valence-corrected chi connectivity index (χ2v) is 6.56. The Labute approximate surface area is 130 Å². The molecule has 2 aromatic rings. The van der Waals surface area contributed by atoms with Crippen molar-refractivity contribution in [3.63, 3.8) is 0 Å². The Hall–Kier alpha value is -1.61. The predicted octanol–water partition coefficient (Wildman–Crippen LogP) is 4.72. The van der Waals surface area contributed by atoms with Crippen molar-refractivity contribution >= 4 is 17.9 Å². The number of aryl methyl sites for hydroxylation is 1. The molecule has 2 rings (SSSR count). The summed E-state index contributed by atoms with van der Waals surface area (Å²) < 4.78 is 1.70. The third-order valence-electron chi connectivity index (χ3n) is 3.38. The standard InChI is InChI=1S/C17H21ClN2O/c1-5-6-12-7-9-13(10-8-12)15-14(11-21)16(18)20(19-15)17(2,3)4/h7-11H,5-6H2,1-4H3. The van der Waals surface area contributed by atoms with E-state index < -0.39 is 0 Å². The smallest absolute Gasteiger partial charge is 0.155 e. The molecule has 21 heavy (non-hydrogen) atoms. The Kier molecular flexibility index (Phi) is 4.52. The first-order chi connectivity index (χ1) is 9.88. The molecular weight excluding hydrogens is 284 g/mol. The van der Waals surface area contributed by atoms with Crippen LogP contribution in [0.2, 0.25) is 5.15 Å². The number of halogens is 1. The number of benzene rings is 1. The van der Waals surface area contributed by atoms with Crippen LogP contribution in [-0.4, -0.2) is 16.1 Å². The van der Waals surface area contributed by atoms with Crippen molar-refractivity contribution in [1.29, 1.82) is 0 Å². The summed E-state index contributed by atoms with van der Waals surface area (Å²) in [5, 5.41) is 4.94. The molecular formula is C17H21ClN2O. The summed E-state index contributed by atoms with van der Waals surface area (Å²) in [6.07, 6.45) is 2.95. The SMILES string of the molecule is CCCc1ccc(-c2nn(C(C)(C)C)c(Cl)c2C=O)cc1. The van der Waals surface area contributed by atoms with E-state index in [1.807, 2.05) is 32.9 Å². The molecule has 1 heterocycles. The van der Waals surface area contributed by atoms with E-state index in [4.69, 9.17) is 11.6 Å². The van der Waals surface area contributed by atoms with Gasteiger partial charge < -0.3 is 0 Å².